The molecule has 3 aromatic carbocycles. The van der Waals surface area contributed by atoms with Crippen LogP contribution in [0.4, 0.5) is 0 Å². The van der Waals surface area contributed by atoms with E-state index < -0.39 is 0 Å². The highest BCUT2D eigenvalue weighted by molar-refractivity contribution is 6.02. The number of hydrogen-bond donors (Lipinski definition) is 0. The van der Waals surface area contributed by atoms with Crippen LogP contribution < -0.4 is 0 Å². The zero-order chi connectivity index (χ0) is 23.2. The SMILES string of the molecule is CC(C)N(CC(=O)c1ccccc1)C(=O)/C=C/c1cn(Cc2ccccc2)c2ccccc12. The van der Waals surface area contributed by atoms with Crippen molar-refractivity contribution in [2.75, 3.05) is 6.54 Å². The van der Waals surface area contributed by atoms with E-state index in [-0.39, 0.29) is 24.3 Å². The van der Waals surface area contributed by atoms with E-state index in [9.17, 15) is 9.59 Å². The summed E-state index contributed by atoms with van der Waals surface area (Å²) in [6.45, 7) is 4.67. The summed E-state index contributed by atoms with van der Waals surface area (Å²) in [7, 11) is 0. The van der Waals surface area contributed by atoms with Gasteiger partial charge < -0.3 is 9.47 Å². The van der Waals surface area contributed by atoms with Crippen molar-refractivity contribution in [3.05, 3.63) is 114 Å². The van der Waals surface area contributed by atoms with E-state index in [0.29, 0.717) is 5.56 Å². The van der Waals surface area contributed by atoms with Crippen molar-refractivity contribution in [1.82, 2.24) is 9.47 Å². The number of amides is 1. The van der Waals surface area contributed by atoms with Crippen molar-refractivity contribution in [2.45, 2.75) is 26.4 Å². The van der Waals surface area contributed by atoms with Gasteiger partial charge in [-0.2, -0.15) is 0 Å². The summed E-state index contributed by atoms with van der Waals surface area (Å²) in [5.74, 6) is -0.236. The third-order valence-corrected chi connectivity index (χ3v) is 5.74. The van der Waals surface area contributed by atoms with Crippen LogP contribution in [0.25, 0.3) is 17.0 Å². The maximum Gasteiger partial charge on any atom is 0.247 e. The molecule has 166 valence electrons. The monoisotopic (exact) mass is 436 g/mol. The van der Waals surface area contributed by atoms with Gasteiger partial charge in [0.1, 0.15) is 0 Å². The van der Waals surface area contributed by atoms with Gasteiger partial charge in [0.05, 0.1) is 6.54 Å². The lowest BCUT2D eigenvalue weighted by Gasteiger charge is -2.24. The molecule has 4 heteroatoms. The Hall–Kier alpha value is -3.92. The van der Waals surface area contributed by atoms with Gasteiger partial charge in [-0.15, -0.1) is 0 Å². The van der Waals surface area contributed by atoms with Gasteiger partial charge in [-0.1, -0.05) is 78.9 Å². The topological polar surface area (TPSA) is 42.3 Å². The Balaban J connectivity index is 1.56. The molecule has 0 aliphatic carbocycles. The fourth-order valence-corrected chi connectivity index (χ4v) is 3.96. The largest absolute Gasteiger partial charge is 0.342 e. The first-order valence-electron chi connectivity index (χ1n) is 11.2. The van der Waals surface area contributed by atoms with Gasteiger partial charge in [0.25, 0.3) is 0 Å². The molecule has 0 aliphatic rings. The minimum absolute atomic E-state index is 0.0562. The number of fused-ring (bicyclic) bond motifs is 1. The van der Waals surface area contributed by atoms with E-state index in [1.165, 1.54) is 5.56 Å². The second-order valence-electron chi connectivity index (χ2n) is 8.40. The predicted molar refractivity (Wildman–Crippen MR) is 134 cm³/mol. The van der Waals surface area contributed by atoms with Crippen LogP contribution in [-0.2, 0) is 11.3 Å². The molecule has 4 rings (SSSR count). The number of hydrogen-bond acceptors (Lipinski definition) is 2. The zero-order valence-electron chi connectivity index (χ0n) is 19.0. The summed E-state index contributed by atoms with van der Waals surface area (Å²) in [5.41, 5.74) is 3.93. The van der Waals surface area contributed by atoms with Crippen LogP contribution in [0, 0.1) is 0 Å². The van der Waals surface area contributed by atoms with Crippen molar-refractivity contribution in [2.24, 2.45) is 0 Å². The van der Waals surface area contributed by atoms with Gasteiger partial charge in [0.2, 0.25) is 5.91 Å². The molecule has 0 saturated carbocycles. The Morgan fingerprint density at radius 2 is 1.52 bits per heavy atom. The normalized spacial score (nSPS) is 11.4. The Kier molecular flexibility index (Phi) is 6.84. The molecule has 1 aromatic heterocycles. The van der Waals surface area contributed by atoms with Crippen molar-refractivity contribution >= 4 is 28.7 Å². The van der Waals surface area contributed by atoms with Crippen molar-refractivity contribution in [3.8, 4) is 0 Å². The van der Waals surface area contributed by atoms with Crippen LogP contribution in [-0.4, -0.2) is 33.7 Å². The molecule has 4 nitrogen and oxygen atoms in total. The average molecular weight is 437 g/mol. The van der Waals surface area contributed by atoms with Gasteiger partial charge in [-0.05, 0) is 31.6 Å². The number of ketones is 1. The number of benzene rings is 3. The van der Waals surface area contributed by atoms with Gasteiger partial charge in [-0.3, -0.25) is 9.59 Å². The summed E-state index contributed by atoms with van der Waals surface area (Å²) >= 11 is 0. The number of carbonyl (C=O) groups excluding carboxylic acids is 2. The van der Waals surface area contributed by atoms with Crippen LogP contribution >= 0.6 is 0 Å². The van der Waals surface area contributed by atoms with Crippen LogP contribution in [0.15, 0.2) is 97.2 Å². The highest BCUT2D eigenvalue weighted by Gasteiger charge is 2.19. The standard InChI is InChI=1S/C29H28N2O2/c1-22(2)31(21-28(32)24-13-7-4-8-14-24)29(33)18-17-25-20-30(19-23-11-5-3-6-12-23)27-16-10-9-15-26(25)27/h3-18,20,22H,19,21H2,1-2H3/b18-17+. The molecule has 33 heavy (non-hydrogen) atoms. The highest BCUT2D eigenvalue weighted by atomic mass is 16.2. The molecule has 0 spiro atoms. The first-order valence-corrected chi connectivity index (χ1v) is 11.2. The fourth-order valence-electron chi connectivity index (χ4n) is 3.96. The number of carbonyl (C=O) groups is 2. The van der Waals surface area contributed by atoms with Crippen LogP contribution in [0.5, 0.6) is 0 Å². The molecule has 0 atom stereocenters. The number of nitrogens with zero attached hydrogens (tertiary/aromatic N) is 2. The van der Waals surface area contributed by atoms with Gasteiger partial charge >= 0.3 is 0 Å². The Labute approximate surface area is 194 Å². The summed E-state index contributed by atoms with van der Waals surface area (Å²) in [4.78, 5) is 27.3. The predicted octanol–water partition coefficient (Wildman–Crippen LogP) is 5.82. The molecule has 1 heterocycles. The number of Topliss-reactive ketones (excluding diaryl/α,β-unsaturated/α-hetero) is 1. The minimum Gasteiger partial charge on any atom is -0.342 e. The van der Waals surface area contributed by atoms with Crippen molar-refractivity contribution in [1.29, 1.82) is 0 Å². The highest BCUT2D eigenvalue weighted by Crippen LogP contribution is 2.24. The molecule has 0 bridgehead atoms. The Bertz CT molecular complexity index is 1270. The molecule has 0 unspecified atom stereocenters. The van der Waals surface area contributed by atoms with E-state index in [4.69, 9.17) is 0 Å². The average Bonchev–Trinajstić information content (AvgIpc) is 3.19. The second kappa shape index (κ2) is 10.1. The molecule has 0 fully saturated rings. The molecule has 0 N–H and O–H groups in total. The van der Waals surface area contributed by atoms with Crippen LogP contribution in [0.2, 0.25) is 0 Å². The summed E-state index contributed by atoms with van der Waals surface area (Å²) in [6, 6.07) is 27.5. The van der Waals surface area contributed by atoms with E-state index in [0.717, 1.165) is 23.0 Å². The van der Waals surface area contributed by atoms with Gasteiger partial charge in [0.15, 0.2) is 5.78 Å². The molecular formula is C29H28N2O2. The minimum atomic E-state index is -0.172. The van der Waals surface area contributed by atoms with Crippen molar-refractivity contribution < 1.29 is 9.59 Å². The molecule has 0 aliphatic heterocycles. The lowest BCUT2D eigenvalue weighted by molar-refractivity contribution is -0.127. The smallest absolute Gasteiger partial charge is 0.247 e. The Morgan fingerprint density at radius 1 is 0.879 bits per heavy atom. The van der Waals surface area contributed by atoms with Crippen molar-refractivity contribution in [3.63, 3.8) is 0 Å². The summed E-state index contributed by atoms with van der Waals surface area (Å²) < 4.78 is 2.20. The number of aromatic nitrogens is 1. The Morgan fingerprint density at radius 3 is 2.21 bits per heavy atom. The second-order valence-corrected chi connectivity index (χ2v) is 8.40. The van der Waals surface area contributed by atoms with E-state index in [1.807, 2.05) is 68.5 Å². The van der Waals surface area contributed by atoms with Gasteiger partial charge in [-0.25, -0.2) is 0 Å². The first kappa shape index (κ1) is 22.3. The summed E-state index contributed by atoms with van der Waals surface area (Å²) in [6.07, 6.45) is 5.51. The van der Waals surface area contributed by atoms with Crippen LogP contribution in [0.1, 0.15) is 35.3 Å². The fraction of sp³-hybridized carbons (Fsp3) is 0.172. The van der Waals surface area contributed by atoms with E-state index >= 15 is 0 Å². The molecule has 1 amide bonds. The lowest BCUT2D eigenvalue weighted by atomic mass is 10.1. The maximum absolute atomic E-state index is 13.0. The van der Waals surface area contributed by atoms with Gasteiger partial charge in [0, 0.05) is 46.9 Å². The molecule has 4 aromatic rings. The number of para-hydroxylation sites is 1. The first-order chi connectivity index (χ1) is 16.0. The van der Waals surface area contributed by atoms with Crippen LogP contribution in [0.3, 0.4) is 0 Å². The molecule has 0 saturated heterocycles. The van der Waals surface area contributed by atoms with E-state index in [1.54, 1.807) is 23.1 Å². The lowest BCUT2D eigenvalue weighted by Crippen LogP contribution is -2.39. The third-order valence-electron chi connectivity index (χ3n) is 5.74. The molecular weight excluding hydrogens is 408 g/mol. The van der Waals surface area contributed by atoms with E-state index in [2.05, 4.69) is 35.0 Å². The summed E-state index contributed by atoms with van der Waals surface area (Å²) in [5, 5.41) is 1.09. The zero-order valence-corrected chi connectivity index (χ0v) is 19.0. The third kappa shape index (κ3) is 5.29. The number of rotatable bonds is 8. The molecule has 0 radical (unpaired) electrons. The maximum atomic E-state index is 13.0. The quantitative estimate of drug-likeness (QED) is 0.258.